The molecule has 4 nitrogen and oxygen atoms in total. The van der Waals surface area contributed by atoms with Gasteiger partial charge < -0.3 is 14.6 Å². The number of hydrogen-bond donors (Lipinski definition) is 1. The van der Waals surface area contributed by atoms with E-state index < -0.39 is 5.97 Å². The Balaban J connectivity index is 2.09. The van der Waals surface area contributed by atoms with E-state index in [1.807, 2.05) is 12.1 Å². The van der Waals surface area contributed by atoms with E-state index in [0.717, 1.165) is 35.5 Å². The molecule has 0 radical (unpaired) electrons. The summed E-state index contributed by atoms with van der Waals surface area (Å²) in [5.74, 6) is 1.14. The first-order valence-corrected chi connectivity index (χ1v) is 6.68. The molecule has 102 valence electrons. The second-order valence-corrected chi connectivity index (χ2v) is 5.77. The van der Waals surface area contributed by atoms with Crippen LogP contribution in [0.15, 0.2) is 12.1 Å². The first kappa shape index (κ1) is 12.3. The summed E-state index contributed by atoms with van der Waals surface area (Å²) in [5, 5.41) is 9.12. The van der Waals surface area contributed by atoms with Gasteiger partial charge in [0.05, 0.1) is 6.42 Å². The van der Waals surface area contributed by atoms with Crippen molar-refractivity contribution in [3.8, 4) is 11.5 Å². The van der Waals surface area contributed by atoms with Crippen LogP contribution in [0.4, 0.5) is 0 Å². The average molecular weight is 262 g/mol. The molecule has 0 amide bonds. The quantitative estimate of drug-likeness (QED) is 0.906. The van der Waals surface area contributed by atoms with Crippen LogP contribution in [0.3, 0.4) is 0 Å². The third-order valence-corrected chi connectivity index (χ3v) is 4.07. The van der Waals surface area contributed by atoms with E-state index in [2.05, 4.69) is 13.8 Å². The lowest BCUT2D eigenvalue weighted by molar-refractivity contribution is -0.137. The smallest absolute Gasteiger partial charge is 0.304 e. The summed E-state index contributed by atoms with van der Waals surface area (Å²) in [7, 11) is 0. The lowest BCUT2D eigenvalue weighted by atomic mass is 9.84. The Labute approximate surface area is 112 Å². The van der Waals surface area contributed by atoms with E-state index in [0.29, 0.717) is 0 Å². The number of carboxylic acid groups (broad SMARTS) is 1. The van der Waals surface area contributed by atoms with E-state index >= 15 is 0 Å². The molecule has 2 aliphatic rings. The molecule has 1 N–H and O–H groups in total. The summed E-state index contributed by atoms with van der Waals surface area (Å²) in [5.41, 5.74) is 2.06. The van der Waals surface area contributed by atoms with Crippen molar-refractivity contribution in [1.29, 1.82) is 0 Å². The van der Waals surface area contributed by atoms with Gasteiger partial charge in [0.15, 0.2) is 11.5 Å². The highest BCUT2D eigenvalue weighted by Crippen LogP contribution is 2.56. The number of benzene rings is 1. The van der Waals surface area contributed by atoms with Crippen LogP contribution in [0.25, 0.3) is 0 Å². The summed E-state index contributed by atoms with van der Waals surface area (Å²) >= 11 is 0. The van der Waals surface area contributed by atoms with Gasteiger partial charge in [0.1, 0.15) is 0 Å². The molecule has 1 heterocycles. The molecule has 3 rings (SSSR count). The van der Waals surface area contributed by atoms with Crippen LogP contribution in [0.5, 0.6) is 11.5 Å². The number of carbonyl (C=O) groups is 1. The van der Waals surface area contributed by atoms with Crippen LogP contribution in [-0.4, -0.2) is 17.9 Å². The van der Waals surface area contributed by atoms with Crippen LogP contribution in [0, 0.1) is 0 Å². The molecule has 1 aromatic rings. The van der Waals surface area contributed by atoms with Crippen molar-refractivity contribution < 1.29 is 19.4 Å². The van der Waals surface area contributed by atoms with Gasteiger partial charge in [-0.15, -0.1) is 0 Å². The molecule has 0 saturated heterocycles. The zero-order valence-corrected chi connectivity index (χ0v) is 11.2. The van der Waals surface area contributed by atoms with Crippen molar-refractivity contribution in [2.75, 3.05) is 6.79 Å². The normalized spacial score (nSPS) is 18.7. The molecule has 0 spiro atoms. The average Bonchev–Trinajstić information content (AvgIpc) is 2.94. The zero-order chi connectivity index (χ0) is 13.6. The van der Waals surface area contributed by atoms with Gasteiger partial charge in [-0.05, 0) is 30.4 Å². The highest BCUT2D eigenvalue weighted by atomic mass is 16.7. The second-order valence-electron chi connectivity index (χ2n) is 5.77. The Hall–Kier alpha value is -1.71. The van der Waals surface area contributed by atoms with Crippen LogP contribution in [0.2, 0.25) is 0 Å². The molecule has 1 aliphatic heterocycles. The van der Waals surface area contributed by atoms with Gasteiger partial charge in [0.25, 0.3) is 0 Å². The standard InChI is InChI=1S/C15H18O4/c1-9(2)13-10(15(5-6-15)7-12(16)17)3-4-11-14(13)19-8-18-11/h3-4,9H,5-8H2,1-2H3,(H,16,17). The minimum absolute atomic E-state index is 0.188. The van der Waals surface area contributed by atoms with Gasteiger partial charge in [-0.2, -0.15) is 0 Å². The zero-order valence-electron chi connectivity index (χ0n) is 11.2. The Morgan fingerprint density at radius 1 is 1.37 bits per heavy atom. The predicted molar refractivity (Wildman–Crippen MR) is 69.8 cm³/mol. The number of aliphatic carboxylic acids is 1. The van der Waals surface area contributed by atoms with Gasteiger partial charge in [-0.3, -0.25) is 4.79 Å². The number of rotatable bonds is 4. The van der Waals surface area contributed by atoms with Gasteiger partial charge in [-0.25, -0.2) is 0 Å². The monoisotopic (exact) mass is 262 g/mol. The fourth-order valence-electron chi connectivity index (χ4n) is 3.01. The minimum atomic E-state index is -0.732. The molecule has 19 heavy (non-hydrogen) atoms. The molecule has 1 aliphatic carbocycles. The Bertz CT molecular complexity index is 529. The largest absolute Gasteiger partial charge is 0.481 e. The Kier molecular flexibility index (Phi) is 2.69. The summed E-state index contributed by atoms with van der Waals surface area (Å²) in [6, 6.07) is 3.93. The first-order chi connectivity index (χ1) is 9.03. The minimum Gasteiger partial charge on any atom is -0.481 e. The lowest BCUT2D eigenvalue weighted by Gasteiger charge is -2.21. The molecular weight excluding hydrogens is 244 g/mol. The van der Waals surface area contributed by atoms with Gasteiger partial charge in [0.2, 0.25) is 6.79 Å². The van der Waals surface area contributed by atoms with Crippen molar-refractivity contribution in [2.45, 2.75) is 44.4 Å². The summed E-state index contributed by atoms with van der Waals surface area (Å²) < 4.78 is 11.0. The van der Waals surface area contributed by atoms with Crippen LogP contribution in [-0.2, 0) is 10.2 Å². The van der Waals surface area contributed by atoms with E-state index in [4.69, 9.17) is 14.6 Å². The SMILES string of the molecule is CC(C)c1c(C2(CC(=O)O)CC2)ccc2c1OCO2. The van der Waals surface area contributed by atoms with E-state index in [-0.39, 0.29) is 24.5 Å². The van der Waals surface area contributed by atoms with E-state index in [1.165, 1.54) is 0 Å². The van der Waals surface area contributed by atoms with Crippen LogP contribution >= 0.6 is 0 Å². The maximum absolute atomic E-state index is 11.1. The molecule has 0 unspecified atom stereocenters. The maximum atomic E-state index is 11.1. The fraction of sp³-hybridized carbons (Fsp3) is 0.533. The molecular formula is C15H18O4. The topological polar surface area (TPSA) is 55.8 Å². The third kappa shape index (κ3) is 1.95. The fourth-order valence-corrected chi connectivity index (χ4v) is 3.01. The molecule has 4 heteroatoms. The van der Waals surface area contributed by atoms with Crippen LogP contribution in [0.1, 0.15) is 50.2 Å². The highest BCUT2D eigenvalue weighted by molar-refractivity contribution is 5.71. The van der Waals surface area contributed by atoms with Crippen molar-refractivity contribution in [3.05, 3.63) is 23.3 Å². The van der Waals surface area contributed by atoms with Crippen molar-refractivity contribution in [2.24, 2.45) is 0 Å². The second kappa shape index (κ2) is 4.15. The number of ether oxygens (including phenoxy) is 2. The van der Waals surface area contributed by atoms with Gasteiger partial charge in [0, 0.05) is 11.0 Å². The predicted octanol–water partition coefficient (Wildman–Crippen LogP) is 3.05. The molecule has 0 bridgehead atoms. The van der Waals surface area contributed by atoms with Gasteiger partial charge >= 0.3 is 5.97 Å². The molecule has 0 aromatic heterocycles. The summed E-state index contributed by atoms with van der Waals surface area (Å²) in [4.78, 5) is 11.1. The number of hydrogen-bond acceptors (Lipinski definition) is 3. The maximum Gasteiger partial charge on any atom is 0.304 e. The van der Waals surface area contributed by atoms with E-state index in [1.54, 1.807) is 0 Å². The highest BCUT2D eigenvalue weighted by Gasteiger charge is 2.48. The van der Waals surface area contributed by atoms with Crippen molar-refractivity contribution >= 4 is 5.97 Å². The van der Waals surface area contributed by atoms with Crippen molar-refractivity contribution in [3.63, 3.8) is 0 Å². The summed E-state index contributed by atoms with van der Waals surface area (Å²) in [6.45, 7) is 4.47. The molecule has 1 saturated carbocycles. The third-order valence-electron chi connectivity index (χ3n) is 4.07. The lowest BCUT2D eigenvalue weighted by Crippen LogP contribution is -2.16. The van der Waals surface area contributed by atoms with Crippen molar-refractivity contribution in [1.82, 2.24) is 0 Å². The Morgan fingerprint density at radius 2 is 2.11 bits per heavy atom. The van der Waals surface area contributed by atoms with Crippen LogP contribution < -0.4 is 9.47 Å². The molecule has 0 atom stereocenters. The number of carboxylic acids is 1. The van der Waals surface area contributed by atoms with Gasteiger partial charge in [-0.1, -0.05) is 19.9 Å². The molecule has 1 aromatic carbocycles. The first-order valence-electron chi connectivity index (χ1n) is 6.68. The number of fused-ring (bicyclic) bond motifs is 1. The Morgan fingerprint density at radius 3 is 2.68 bits per heavy atom. The van der Waals surface area contributed by atoms with E-state index in [9.17, 15) is 4.79 Å². The molecule has 1 fully saturated rings. The summed E-state index contributed by atoms with van der Waals surface area (Å²) in [6.07, 6.45) is 2.09.